The fourth-order valence-corrected chi connectivity index (χ4v) is 2.95. The number of aromatic nitrogens is 3. The van der Waals surface area contributed by atoms with Crippen molar-refractivity contribution in [3.63, 3.8) is 0 Å². The van der Waals surface area contributed by atoms with Gasteiger partial charge in [-0.05, 0) is 41.1 Å². The molecule has 0 fully saturated rings. The van der Waals surface area contributed by atoms with Crippen molar-refractivity contribution < 1.29 is 4.79 Å². The number of nitrogens with zero attached hydrogens (tertiary/aromatic N) is 3. The highest BCUT2D eigenvalue weighted by Gasteiger charge is 2.08. The minimum Gasteiger partial charge on any atom is -0.367 e. The maximum absolute atomic E-state index is 12.5. The Morgan fingerprint density at radius 2 is 1.55 bits per heavy atom. The molecule has 4 rings (SSSR count). The molecule has 4 aromatic rings. The van der Waals surface area contributed by atoms with Gasteiger partial charge in [0.05, 0.1) is 0 Å². The van der Waals surface area contributed by atoms with Crippen LogP contribution in [-0.2, 0) is 0 Å². The lowest BCUT2D eigenvalue weighted by Crippen LogP contribution is -2.29. The maximum Gasteiger partial charge on any atom is 0.251 e. The lowest BCUT2D eigenvalue weighted by Gasteiger charge is -2.09. The van der Waals surface area contributed by atoms with Gasteiger partial charge in [0, 0.05) is 24.8 Å². The predicted octanol–water partition coefficient (Wildman–Crippen LogP) is 3.61. The molecule has 0 radical (unpaired) electrons. The van der Waals surface area contributed by atoms with Crippen molar-refractivity contribution in [2.45, 2.75) is 0 Å². The smallest absolute Gasteiger partial charge is 0.251 e. The summed E-state index contributed by atoms with van der Waals surface area (Å²) in [5, 5.41) is 19.4. The van der Waals surface area contributed by atoms with Gasteiger partial charge in [0.25, 0.3) is 5.91 Å². The number of nitrogens with one attached hydrogen (secondary N) is 3. The van der Waals surface area contributed by atoms with E-state index in [9.17, 15) is 4.79 Å². The number of hydrogen-bond acceptors (Lipinski definition) is 6. The van der Waals surface area contributed by atoms with E-state index in [2.05, 4.69) is 31.1 Å². The monoisotopic (exact) mass is 384 g/mol. The van der Waals surface area contributed by atoms with E-state index in [1.54, 1.807) is 6.20 Å². The Bertz CT molecular complexity index is 1090. The van der Waals surface area contributed by atoms with Crippen molar-refractivity contribution in [2.75, 3.05) is 23.7 Å². The van der Waals surface area contributed by atoms with Crippen molar-refractivity contribution in [3.8, 4) is 0 Å². The molecular weight excluding hydrogens is 364 g/mol. The molecule has 144 valence electrons. The Hall–Kier alpha value is -4.00. The average Bonchev–Trinajstić information content (AvgIpc) is 2.78. The van der Waals surface area contributed by atoms with Crippen LogP contribution < -0.4 is 16.0 Å². The topological polar surface area (TPSA) is 91.8 Å². The second kappa shape index (κ2) is 8.79. The van der Waals surface area contributed by atoms with Crippen molar-refractivity contribution in [3.05, 3.63) is 84.6 Å². The highest BCUT2D eigenvalue weighted by Crippen LogP contribution is 2.18. The third-order valence-corrected chi connectivity index (χ3v) is 4.34. The number of carbonyl (C=O) groups is 1. The quantitative estimate of drug-likeness (QED) is 0.422. The predicted molar refractivity (Wildman–Crippen MR) is 114 cm³/mol. The molecule has 7 nitrogen and oxygen atoms in total. The second-order valence-corrected chi connectivity index (χ2v) is 6.35. The fraction of sp³-hybridized carbons (Fsp3) is 0.0909. The van der Waals surface area contributed by atoms with E-state index >= 15 is 0 Å². The van der Waals surface area contributed by atoms with Crippen molar-refractivity contribution in [1.82, 2.24) is 20.5 Å². The zero-order valence-corrected chi connectivity index (χ0v) is 15.7. The van der Waals surface area contributed by atoms with Crippen LogP contribution in [0.15, 0.2) is 79.0 Å². The first kappa shape index (κ1) is 18.4. The molecule has 2 aromatic carbocycles. The van der Waals surface area contributed by atoms with Crippen LogP contribution in [0.5, 0.6) is 0 Å². The van der Waals surface area contributed by atoms with E-state index in [0.29, 0.717) is 36.1 Å². The Kier molecular flexibility index (Phi) is 5.57. The largest absolute Gasteiger partial charge is 0.367 e. The lowest BCUT2D eigenvalue weighted by molar-refractivity contribution is 0.0957. The zero-order chi connectivity index (χ0) is 19.9. The van der Waals surface area contributed by atoms with Crippen LogP contribution in [0, 0.1) is 0 Å². The number of carbonyl (C=O) groups excluding carboxylic acids is 1. The molecule has 1 amide bonds. The lowest BCUT2D eigenvalue weighted by atomic mass is 10.0. The average molecular weight is 384 g/mol. The van der Waals surface area contributed by atoms with Gasteiger partial charge in [-0.3, -0.25) is 4.79 Å². The summed E-state index contributed by atoms with van der Waals surface area (Å²) in [6, 6.07) is 22.8. The Labute approximate surface area is 168 Å². The molecule has 2 heterocycles. The molecule has 0 unspecified atom stereocenters. The summed E-state index contributed by atoms with van der Waals surface area (Å²) in [5.41, 5.74) is 0.674. The second-order valence-electron chi connectivity index (χ2n) is 6.35. The number of rotatable bonds is 7. The molecule has 7 heteroatoms. The molecule has 2 aromatic heterocycles. The molecule has 0 atom stereocenters. The molecule has 0 saturated heterocycles. The molecule has 0 aliphatic rings. The summed E-state index contributed by atoms with van der Waals surface area (Å²) >= 11 is 0. The van der Waals surface area contributed by atoms with E-state index in [-0.39, 0.29) is 5.91 Å². The summed E-state index contributed by atoms with van der Waals surface area (Å²) in [6.07, 6.45) is 1.71. The molecule has 0 spiro atoms. The number of benzene rings is 2. The van der Waals surface area contributed by atoms with Crippen molar-refractivity contribution >= 4 is 34.1 Å². The first-order valence-electron chi connectivity index (χ1n) is 9.31. The van der Waals surface area contributed by atoms with E-state index in [1.807, 2.05) is 72.8 Å². The van der Waals surface area contributed by atoms with Gasteiger partial charge in [0.1, 0.15) is 11.6 Å². The fourth-order valence-electron chi connectivity index (χ4n) is 2.95. The van der Waals surface area contributed by atoms with Crippen LogP contribution in [-0.4, -0.2) is 34.2 Å². The van der Waals surface area contributed by atoms with Crippen LogP contribution in [0.1, 0.15) is 10.4 Å². The molecular formula is C22H20N6O. The Morgan fingerprint density at radius 3 is 2.38 bits per heavy atom. The Morgan fingerprint density at radius 1 is 0.759 bits per heavy atom. The normalized spacial score (nSPS) is 10.5. The summed E-state index contributed by atoms with van der Waals surface area (Å²) in [5.74, 6) is 1.86. The summed E-state index contributed by atoms with van der Waals surface area (Å²) in [7, 11) is 0. The van der Waals surface area contributed by atoms with Crippen LogP contribution in [0.25, 0.3) is 10.8 Å². The zero-order valence-electron chi connectivity index (χ0n) is 15.7. The van der Waals surface area contributed by atoms with E-state index in [1.165, 1.54) is 0 Å². The molecule has 0 bridgehead atoms. The number of hydrogen-bond donors (Lipinski definition) is 3. The van der Waals surface area contributed by atoms with E-state index in [0.717, 1.165) is 10.8 Å². The van der Waals surface area contributed by atoms with Crippen LogP contribution in [0.4, 0.5) is 17.5 Å². The van der Waals surface area contributed by atoms with Gasteiger partial charge >= 0.3 is 0 Å². The molecule has 3 N–H and O–H groups in total. The number of amides is 1. The SMILES string of the molecule is O=C(NCCNc1ccc(Nc2ccccn2)nn1)c1cccc2ccccc12. The highest BCUT2D eigenvalue weighted by atomic mass is 16.1. The molecule has 0 saturated carbocycles. The molecule has 29 heavy (non-hydrogen) atoms. The number of anilines is 3. The van der Waals surface area contributed by atoms with Gasteiger partial charge in [-0.25, -0.2) is 4.98 Å². The summed E-state index contributed by atoms with van der Waals surface area (Å²) in [6.45, 7) is 1.01. The van der Waals surface area contributed by atoms with Crippen LogP contribution >= 0.6 is 0 Å². The first-order valence-corrected chi connectivity index (χ1v) is 9.31. The maximum atomic E-state index is 12.5. The van der Waals surface area contributed by atoms with E-state index < -0.39 is 0 Å². The standard InChI is InChI=1S/C22H20N6O/c29-22(18-9-5-7-16-6-1-2-8-17(16)18)25-15-14-24-20-11-12-21(28-27-20)26-19-10-3-4-13-23-19/h1-13H,14-15H2,(H,24,27)(H,25,29)(H,23,26,28). The molecule has 0 aliphatic carbocycles. The van der Waals surface area contributed by atoms with E-state index in [4.69, 9.17) is 0 Å². The van der Waals surface area contributed by atoms with Gasteiger partial charge in [0.2, 0.25) is 0 Å². The minimum absolute atomic E-state index is 0.0930. The number of fused-ring (bicyclic) bond motifs is 1. The molecule has 0 aliphatic heterocycles. The van der Waals surface area contributed by atoms with Gasteiger partial charge in [-0.1, -0.05) is 42.5 Å². The first-order chi connectivity index (χ1) is 14.3. The van der Waals surface area contributed by atoms with Gasteiger partial charge in [0.15, 0.2) is 5.82 Å². The third-order valence-electron chi connectivity index (χ3n) is 4.34. The van der Waals surface area contributed by atoms with Gasteiger partial charge < -0.3 is 16.0 Å². The van der Waals surface area contributed by atoms with Crippen LogP contribution in [0.2, 0.25) is 0 Å². The van der Waals surface area contributed by atoms with Crippen molar-refractivity contribution in [2.24, 2.45) is 0 Å². The third kappa shape index (κ3) is 4.65. The van der Waals surface area contributed by atoms with Gasteiger partial charge in [-0.2, -0.15) is 0 Å². The Balaban J connectivity index is 1.27. The minimum atomic E-state index is -0.0930. The van der Waals surface area contributed by atoms with Crippen molar-refractivity contribution in [1.29, 1.82) is 0 Å². The summed E-state index contributed by atoms with van der Waals surface area (Å²) < 4.78 is 0. The van der Waals surface area contributed by atoms with Gasteiger partial charge in [-0.15, -0.1) is 10.2 Å². The summed E-state index contributed by atoms with van der Waals surface area (Å²) in [4.78, 5) is 16.7. The highest BCUT2D eigenvalue weighted by molar-refractivity contribution is 6.07. The van der Waals surface area contributed by atoms with Crippen LogP contribution in [0.3, 0.4) is 0 Å². The number of pyridine rings is 1.